The van der Waals surface area contributed by atoms with Crippen LogP contribution in [0.2, 0.25) is 0 Å². The van der Waals surface area contributed by atoms with Crippen LogP contribution in [0.3, 0.4) is 0 Å². The molecule has 126 valence electrons. The minimum Gasteiger partial charge on any atom is -0.312 e. The highest BCUT2D eigenvalue weighted by molar-refractivity contribution is 7.14. The van der Waals surface area contributed by atoms with Crippen molar-refractivity contribution in [3.05, 3.63) is 29.1 Å². The van der Waals surface area contributed by atoms with Crippen LogP contribution >= 0.6 is 11.3 Å². The standard InChI is InChI=1S/C18H21N3O2S/c1-11(22)21-8-7-12-5-6-13(9-15(12)21)14-10-24-17(19-14)20-16(23)18(2,3)4/h5-6,9-10H,7-8H2,1-4H3,(H,19,20,23). The fourth-order valence-electron chi connectivity index (χ4n) is 2.61. The molecule has 2 heterocycles. The molecule has 0 saturated heterocycles. The number of anilines is 2. The van der Waals surface area contributed by atoms with Crippen molar-refractivity contribution in [2.75, 3.05) is 16.8 Å². The van der Waals surface area contributed by atoms with Gasteiger partial charge in [0.15, 0.2) is 5.13 Å². The van der Waals surface area contributed by atoms with E-state index in [1.54, 1.807) is 11.8 Å². The summed E-state index contributed by atoms with van der Waals surface area (Å²) in [6.07, 6.45) is 0.888. The van der Waals surface area contributed by atoms with Crippen LogP contribution in [0, 0.1) is 5.41 Å². The topological polar surface area (TPSA) is 62.3 Å². The maximum atomic E-state index is 12.1. The van der Waals surface area contributed by atoms with Crippen molar-refractivity contribution in [1.82, 2.24) is 4.98 Å². The zero-order chi connectivity index (χ0) is 17.5. The molecule has 0 fully saturated rings. The van der Waals surface area contributed by atoms with Crippen molar-refractivity contribution in [1.29, 1.82) is 0 Å². The lowest BCUT2D eigenvalue weighted by Gasteiger charge is -2.16. The number of nitrogens with one attached hydrogen (secondary N) is 1. The van der Waals surface area contributed by atoms with Crippen molar-refractivity contribution < 1.29 is 9.59 Å². The van der Waals surface area contributed by atoms with Crippen LogP contribution < -0.4 is 10.2 Å². The Bertz CT molecular complexity index is 805. The van der Waals surface area contributed by atoms with Crippen LogP contribution in [0.1, 0.15) is 33.3 Å². The van der Waals surface area contributed by atoms with Gasteiger partial charge < -0.3 is 10.2 Å². The summed E-state index contributed by atoms with van der Waals surface area (Å²) in [4.78, 5) is 30.1. The Morgan fingerprint density at radius 2 is 2.04 bits per heavy atom. The second-order valence-electron chi connectivity index (χ2n) is 7.01. The van der Waals surface area contributed by atoms with Crippen LogP contribution in [0.25, 0.3) is 11.3 Å². The first-order valence-corrected chi connectivity index (χ1v) is 8.82. The molecular weight excluding hydrogens is 322 g/mol. The van der Waals surface area contributed by atoms with Gasteiger partial charge in [-0.3, -0.25) is 9.59 Å². The second-order valence-corrected chi connectivity index (χ2v) is 7.86. The number of benzene rings is 1. The van der Waals surface area contributed by atoms with Crippen molar-refractivity contribution >= 4 is 34.0 Å². The molecule has 2 amide bonds. The highest BCUT2D eigenvalue weighted by Gasteiger charge is 2.24. The van der Waals surface area contributed by atoms with E-state index in [-0.39, 0.29) is 11.8 Å². The van der Waals surface area contributed by atoms with Crippen molar-refractivity contribution in [2.45, 2.75) is 34.1 Å². The minimum absolute atomic E-state index is 0.0555. The molecular formula is C18H21N3O2S. The normalized spacial score (nSPS) is 13.8. The molecule has 5 nitrogen and oxygen atoms in total. The molecule has 1 aliphatic rings. The zero-order valence-corrected chi connectivity index (χ0v) is 15.2. The predicted molar refractivity (Wildman–Crippen MR) is 97.4 cm³/mol. The van der Waals surface area contributed by atoms with Gasteiger partial charge in [0.1, 0.15) is 0 Å². The van der Waals surface area contributed by atoms with Crippen LogP contribution in [0.15, 0.2) is 23.6 Å². The molecule has 2 aromatic rings. The van der Waals surface area contributed by atoms with Gasteiger partial charge in [0.2, 0.25) is 11.8 Å². The highest BCUT2D eigenvalue weighted by Crippen LogP contribution is 2.34. The Labute approximate surface area is 145 Å². The molecule has 0 spiro atoms. The van der Waals surface area contributed by atoms with E-state index < -0.39 is 5.41 Å². The SMILES string of the molecule is CC(=O)N1CCc2ccc(-c3csc(NC(=O)C(C)(C)C)n3)cc21. The second kappa shape index (κ2) is 6.02. The fraction of sp³-hybridized carbons (Fsp3) is 0.389. The van der Waals surface area contributed by atoms with Gasteiger partial charge in [-0.15, -0.1) is 11.3 Å². The molecule has 1 N–H and O–H groups in total. The average molecular weight is 343 g/mol. The zero-order valence-electron chi connectivity index (χ0n) is 14.3. The predicted octanol–water partition coefficient (Wildman–Crippen LogP) is 3.70. The Kier molecular flexibility index (Phi) is 4.17. The smallest absolute Gasteiger partial charge is 0.231 e. The molecule has 1 aliphatic heterocycles. The maximum Gasteiger partial charge on any atom is 0.231 e. The molecule has 1 aromatic heterocycles. The van der Waals surface area contributed by atoms with Crippen molar-refractivity contribution in [3.8, 4) is 11.3 Å². The first-order valence-electron chi connectivity index (χ1n) is 7.94. The third-order valence-corrected chi connectivity index (χ3v) is 4.82. The Morgan fingerprint density at radius 1 is 1.29 bits per heavy atom. The number of thiazole rings is 1. The van der Waals surface area contributed by atoms with E-state index in [2.05, 4.69) is 16.4 Å². The molecule has 24 heavy (non-hydrogen) atoms. The van der Waals surface area contributed by atoms with Gasteiger partial charge >= 0.3 is 0 Å². The van der Waals surface area contributed by atoms with E-state index in [9.17, 15) is 9.59 Å². The Hall–Kier alpha value is -2.21. The van der Waals surface area contributed by atoms with E-state index in [0.717, 1.165) is 29.9 Å². The number of nitrogens with zero attached hydrogens (tertiary/aromatic N) is 2. The quantitative estimate of drug-likeness (QED) is 0.904. The molecule has 3 rings (SSSR count). The summed E-state index contributed by atoms with van der Waals surface area (Å²) >= 11 is 1.41. The first-order chi connectivity index (χ1) is 11.3. The molecule has 0 saturated carbocycles. The number of carbonyl (C=O) groups is 2. The van der Waals surface area contributed by atoms with Gasteiger partial charge in [-0.25, -0.2) is 4.98 Å². The number of rotatable bonds is 2. The largest absolute Gasteiger partial charge is 0.312 e. The first kappa shape index (κ1) is 16.6. The summed E-state index contributed by atoms with van der Waals surface area (Å²) in [5.74, 6) is 0.00224. The van der Waals surface area contributed by atoms with Gasteiger partial charge in [0.05, 0.1) is 5.69 Å². The van der Waals surface area contributed by atoms with E-state index in [0.29, 0.717) is 5.13 Å². The molecule has 0 bridgehead atoms. The van der Waals surface area contributed by atoms with Crippen LogP contribution in [-0.2, 0) is 16.0 Å². The summed E-state index contributed by atoms with van der Waals surface area (Å²) in [7, 11) is 0. The highest BCUT2D eigenvalue weighted by atomic mass is 32.1. The number of hydrogen-bond acceptors (Lipinski definition) is 4. The molecule has 0 atom stereocenters. The number of hydrogen-bond donors (Lipinski definition) is 1. The summed E-state index contributed by atoms with van der Waals surface area (Å²) in [6.45, 7) is 7.93. The fourth-order valence-corrected chi connectivity index (χ4v) is 3.33. The Balaban J connectivity index is 1.85. The van der Waals surface area contributed by atoms with Gasteiger partial charge in [-0.05, 0) is 18.1 Å². The van der Waals surface area contributed by atoms with Crippen molar-refractivity contribution in [3.63, 3.8) is 0 Å². The lowest BCUT2D eigenvalue weighted by molar-refractivity contribution is -0.123. The molecule has 6 heteroatoms. The van der Waals surface area contributed by atoms with E-state index >= 15 is 0 Å². The lowest BCUT2D eigenvalue weighted by atomic mass is 9.96. The summed E-state index contributed by atoms with van der Waals surface area (Å²) in [5, 5.41) is 5.37. The average Bonchev–Trinajstić information content (AvgIpc) is 3.11. The summed E-state index contributed by atoms with van der Waals surface area (Å²) in [6, 6.07) is 6.08. The van der Waals surface area contributed by atoms with E-state index in [4.69, 9.17) is 0 Å². The molecule has 1 aromatic carbocycles. The van der Waals surface area contributed by atoms with Gasteiger partial charge in [-0.1, -0.05) is 32.9 Å². The maximum absolute atomic E-state index is 12.1. The number of amides is 2. The lowest BCUT2D eigenvalue weighted by Crippen LogP contribution is -2.27. The van der Waals surface area contributed by atoms with Crippen LogP contribution in [0.4, 0.5) is 10.8 Å². The van der Waals surface area contributed by atoms with E-state index in [1.807, 2.05) is 38.3 Å². The van der Waals surface area contributed by atoms with Gasteiger partial charge in [0.25, 0.3) is 0 Å². The molecule has 0 aliphatic carbocycles. The molecule has 0 unspecified atom stereocenters. The van der Waals surface area contributed by atoms with E-state index in [1.165, 1.54) is 16.9 Å². The number of carbonyl (C=O) groups excluding carboxylic acids is 2. The minimum atomic E-state index is -0.457. The van der Waals surface area contributed by atoms with Gasteiger partial charge in [0, 0.05) is 35.5 Å². The third-order valence-electron chi connectivity index (χ3n) is 4.06. The Morgan fingerprint density at radius 3 is 2.71 bits per heavy atom. The van der Waals surface area contributed by atoms with Crippen LogP contribution in [-0.4, -0.2) is 23.3 Å². The summed E-state index contributed by atoms with van der Waals surface area (Å²) < 4.78 is 0. The van der Waals surface area contributed by atoms with Gasteiger partial charge in [-0.2, -0.15) is 0 Å². The molecule has 0 radical (unpaired) electrons. The van der Waals surface area contributed by atoms with Crippen molar-refractivity contribution in [2.24, 2.45) is 5.41 Å². The van der Waals surface area contributed by atoms with Crippen LogP contribution in [0.5, 0.6) is 0 Å². The number of fused-ring (bicyclic) bond motifs is 1. The monoisotopic (exact) mass is 343 g/mol. The third kappa shape index (κ3) is 3.19. The number of aromatic nitrogens is 1. The summed E-state index contributed by atoms with van der Waals surface area (Å²) in [5.41, 5.74) is 3.46.